The number of amides is 1. The third-order valence-electron chi connectivity index (χ3n) is 4.77. The molecule has 1 saturated heterocycles. The van der Waals surface area contributed by atoms with Crippen molar-refractivity contribution in [2.75, 3.05) is 20.1 Å². The van der Waals surface area contributed by atoms with Gasteiger partial charge >= 0.3 is 0 Å². The maximum atomic E-state index is 13.0. The predicted octanol–water partition coefficient (Wildman–Crippen LogP) is 2.28. The molecule has 6 nitrogen and oxygen atoms in total. The lowest BCUT2D eigenvalue weighted by molar-refractivity contribution is -0.135. The molecule has 27 heavy (non-hydrogen) atoms. The topological polar surface area (TPSA) is 70.6 Å². The molecule has 0 saturated carbocycles. The lowest BCUT2D eigenvalue weighted by atomic mass is 9.96. The summed E-state index contributed by atoms with van der Waals surface area (Å²) in [5.74, 6) is -0.668. The lowest BCUT2D eigenvalue weighted by Crippen LogP contribution is -2.43. The van der Waals surface area contributed by atoms with Gasteiger partial charge in [0.1, 0.15) is 5.82 Å². The van der Waals surface area contributed by atoms with Crippen molar-refractivity contribution in [1.29, 1.82) is 0 Å². The Morgan fingerprint density at radius 3 is 2.48 bits per heavy atom. The molecular weight excluding hydrogens is 369 g/mol. The van der Waals surface area contributed by atoms with Gasteiger partial charge in [0.25, 0.3) is 0 Å². The average Bonchev–Trinajstić information content (AvgIpc) is 2.68. The Morgan fingerprint density at radius 2 is 1.89 bits per heavy atom. The molecule has 0 bridgehead atoms. The van der Waals surface area contributed by atoms with Crippen LogP contribution in [0.5, 0.6) is 0 Å². The van der Waals surface area contributed by atoms with E-state index in [4.69, 9.17) is 0 Å². The van der Waals surface area contributed by atoms with E-state index >= 15 is 0 Å². The standard InChI is InChI=1S/C19H22FN3O3S/c1-22(14-15-3-2-10-21-13-15)19(24)16-8-11-23(12-9-16)27(25,26)18-6-4-17(20)5-7-18/h2-7,10,13,16H,8-9,11-12,14H2,1H3. The Bertz CT molecular complexity index is 880. The van der Waals surface area contributed by atoms with E-state index in [9.17, 15) is 17.6 Å². The molecule has 8 heteroatoms. The number of rotatable bonds is 5. The van der Waals surface area contributed by atoms with Gasteiger partial charge in [-0.05, 0) is 48.7 Å². The second-order valence-corrected chi connectivity index (χ2v) is 8.63. The number of piperidine rings is 1. The van der Waals surface area contributed by atoms with Crippen LogP contribution < -0.4 is 0 Å². The second-order valence-electron chi connectivity index (χ2n) is 6.69. The molecule has 0 unspecified atom stereocenters. The maximum absolute atomic E-state index is 13.0. The molecule has 2 aromatic rings. The van der Waals surface area contributed by atoms with Crippen LogP contribution in [-0.2, 0) is 21.4 Å². The molecular formula is C19H22FN3O3S. The first-order valence-electron chi connectivity index (χ1n) is 8.77. The highest BCUT2D eigenvalue weighted by Crippen LogP contribution is 2.25. The van der Waals surface area contributed by atoms with Gasteiger partial charge in [-0.15, -0.1) is 0 Å². The number of carbonyl (C=O) groups excluding carboxylic acids is 1. The smallest absolute Gasteiger partial charge is 0.243 e. The number of sulfonamides is 1. The highest BCUT2D eigenvalue weighted by molar-refractivity contribution is 7.89. The lowest BCUT2D eigenvalue weighted by Gasteiger charge is -2.32. The third-order valence-corrected chi connectivity index (χ3v) is 6.69. The van der Waals surface area contributed by atoms with E-state index < -0.39 is 15.8 Å². The minimum Gasteiger partial charge on any atom is -0.341 e. The van der Waals surface area contributed by atoms with Crippen LogP contribution in [0.15, 0.2) is 53.7 Å². The quantitative estimate of drug-likeness (QED) is 0.784. The SMILES string of the molecule is CN(Cc1cccnc1)C(=O)C1CCN(S(=O)(=O)c2ccc(F)cc2)CC1. The van der Waals surface area contributed by atoms with E-state index in [1.807, 2.05) is 12.1 Å². The summed E-state index contributed by atoms with van der Waals surface area (Å²) in [6, 6.07) is 8.54. The van der Waals surface area contributed by atoms with Crippen LogP contribution in [0.1, 0.15) is 18.4 Å². The highest BCUT2D eigenvalue weighted by Gasteiger charge is 2.33. The second kappa shape index (κ2) is 8.14. The fourth-order valence-corrected chi connectivity index (χ4v) is 4.72. The number of halogens is 1. The minimum absolute atomic E-state index is 0.0117. The van der Waals surface area contributed by atoms with Crippen LogP contribution in [0.25, 0.3) is 0 Å². The summed E-state index contributed by atoms with van der Waals surface area (Å²) in [6.07, 6.45) is 4.34. The van der Waals surface area contributed by atoms with Gasteiger partial charge < -0.3 is 4.90 Å². The van der Waals surface area contributed by atoms with E-state index in [2.05, 4.69) is 4.98 Å². The van der Waals surface area contributed by atoms with Crippen molar-refractivity contribution in [3.05, 3.63) is 60.2 Å². The van der Waals surface area contributed by atoms with E-state index in [0.29, 0.717) is 19.4 Å². The summed E-state index contributed by atoms with van der Waals surface area (Å²) in [5.41, 5.74) is 0.949. The molecule has 1 aliphatic heterocycles. The predicted molar refractivity (Wildman–Crippen MR) is 98.6 cm³/mol. The number of hydrogen-bond acceptors (Lipinski definition) is 4. The van der Waals surface area contributed by atoms with Crippen molar-refractivity contribution in [3.63, 3.8) is 0 Å². The molecule has 1 fully saturated rings. The average molecular weight is 391 g/mol. The van der Waals surface area contributed by atoms with Gasteiger partial charge in [-0.2, -0.15) is 4.31 Å². The molecule has 0 atom stereocenters. The summed E-state index contributed by atoms with van der Waals surface area (Å²) in [4.78, 5) is 18.4. The molecule has 1 aliphatic rings. The van der Waals surface area contributed by atoms with E-state index in [1.165, 1.54) is 16.4 Å². The summed E-state index contributed by atoms with van der Waals surface area (Å²) >= 11 is 0. The third kappa shape index (κ3) is 4.51. The Hall–Kier alpha value is -2.32. The largest absolute Gasteiger partial charge is 0.341 e. The van der Waals surface area contributed by atoms with E-state index in [-0.39, 0.29) is 29.8 Å². The summed E-state index contributed by atoms with van der Waals surface area (Å²) in [6.45, 7) is 1.02. The van der Waals surface area contributed by atoms with Gasteiger partial charge in [0.2, 0.25) is 15.9 Å². The van der Waals surface area contributed by atoms with Crippen LogP contribution in [0.2, 0.25) is 0 Å². The fraction of sp³-hybridized carbons (Fsp3) is 0.368. The first kappa shape index (κ1) is 19.4. The van der Waals surface area contributed by atoms with Crippen LogP contribution in [0.4, 0.5) is 4.39 Å². The normalized spacial score (nSPS) is 16.2. The zero-order valence-electron chi connectivity index (χ0n) is 15.1. The molecule has 0 radical (unpaired) electrons. The number of carbonyl (C=O) groups is 1. The first-order chi connectivity index (χ1) is 12.9. The Morgan fingerprint density at radius 1 is 1.22 bits per heavy atom. The number of aromatic nitrogens is 1. The molecule has 2 heterocycles. The van der Waals surface area contributed by atoms with Crippen molar-refractivity contribution in [1.82, 2.24) is 14.2 Å². The van der Waals surface area contributed by atoms with Gasteiger partial charge in [0, 0.05) is 45.0 Å². The molecule has 0 N–H and O–H groups in total. The number of benzene rings is 1. The fourth-order valence-electron chi connectivity index (χ4n) is 3.25. The molecule has 3 rings (SSSR count). The molecule has 144 valence electrons. The van der Waals surface area contributed by atoms with E-state index in [1.54, 1.807) is 24.3 Å². The molecule has 1 amide bonds. The number of nitrogens with zero attached hydrogens (tertiary/aromatic N) is 3. The van der Waals surface area contributed by atoms with Crippen LogP contribution in [0.3, 0.4) is 0 Å². The van der Waals surface area contributed by atoms with Crippen molar-refractivity contribution < 1.29 is 17.6 Å². The Balaban J connectivity index is 1.59. The van der Waals surface area contributed by atoms with Gasteiger partial charge in [-0.25, -0.2) is 12.8 Å². The van der Waals surface area contributed by atoms with Crippen LogP contribution in [0, 0.1) is 11.7 Å². The van der Waals surface area contributed by atoms with E-state index in [0.717, 1.165) is 17.7 Å². The molecule has 0 spiro atoms. The van der Waals surface area contributed by atoms with Crippen molar-refractivity contribution in [2.45, 2.75) is 24.3 Å². The molecule has 1 aromatic carbocycles. The van der Waals surface area contributed by atoms with Gasteiger partial charge in [-0.1, -0.05) is 6.07 Å². The molecule has 1 aromatic heterocycles. The summed E-state index contributed by atoms with van der Waals surface area (Å²) in [5, 5.41) is 0. The summed E-state index contributed by atoms with van der Waals surface area (Å²) in [7, 11) is -1.92. The monoisotopic (exact) mass is 391 g/mol. The Labute approximate surface area is 158 Å². The number of hydrogen-bond donors (Lipinski definition) is 0. The minimum atomic E-state index is -3.66. The van der Waals surface area contributed by atoms with Crippen LogP contribution >= 0.6 is 0 Å². The van der Waals surface area contributed by atoms with Crippen molar-refractivity contribution in [3.8, 4) is 0 Å². The highest BCUT2D eigenvalue weighted by atomic mass is 32.2. The van der Waals surface area contributed by atoms with Crippen molar-refractivity contribution >= 4 is 15.9 Å². The maximum Gasteiger partial charge on any atom is 0.243 e. The van der Waals surface area contributed by atoms with Gasteiger partial charge in [0.05, 0.1) is 4.90 Å². The van der Waals surface area contributed by atoms with Crippen molar-refractivity contribution in [2.24, 2.45) is 5.92 Å². The van der Waals surface area contributed by atoms with Gasteiger partial charge in [0.15, 0.2) is 0 Å². The van der Waals surface area contributed by atoms with Gasteiger partial charge in [-0.3, -0.25) is 9.78 Å². The number of pyridine rings is 1. The van der Waals surface area contributed by atoms with Crippen LogP contribution in [-0.4, -0.2) is 48.7 Å². The Kier molecular flexibility index (Phi) is 5.86. The summed E-state index contributed by atoms with van der Waals surface area (Å²) < 4.78 is 39.7. The first-order valence-corrected chi connectivity index (χ1v) is 10.2. The zero-order valence-corrected chi connectivity index (χ0v) is 15.9. The molecule has 0 aliphatic carbocycles. The zero-order chi connectivity index (χ0) is 19.4.